The van der Waals surface area contributed by atoms with E-state index in [2.05, 4.69) is 9.05 Å². The van der Waals surface area contributed by atoms with E-state index in [0.29, 0.717) is 12.1 Å². The number of hydrogen-bond donors (Lipinski definition) is 4. The molecule has 148 valence electrons. The van der Waals surface area contributed by atoms with E-state index in [4.69, 9.17) is 42.8 Å². The number of halogens is 4. The molecular weight excluding hydrogens is 455 g/mol. The van der Waals surface area contributed by atoms with Crippen LogP contribution in [-0.4, -0.2) is 19.6 Å². The molecule has 8 nitrogen and oxygen atoms in total. The van der Waals surface area contributed by atoms with Crippen molar-refractivity contribution in [1.29, 1.82) is 0 Å². The van der Waals surface area contributed by atoms with Crippen molar-refractivity contribution in [2.75, 3.05) is 0 Å². The highest BCUT2D eigenvalue weighted by atomic mass is 35.5. The van der Waals surface area contributed by atoms with Crippen molar-refractivity contribution in [3.63, 3.8) is 0 Å². The normalized spacial score (nSPS) is 12.1. The van der Waals surface area contributed by atoms with Gasteiger partial charge in [0.25, 0.3) is 0 Å². The average Bonchev–Trinajstić information content (AvgIpc) is 2.46. The van der Waals surface area contributed by atoms with Gasteiger partial charge in [-0.1, -0.05) is 23.2 Å². The number of phosphoric acid groups is 2. The Labute approximate surface area is 160 Å². The quantitative estimate of drug-likeness (QED) is 0.474. The summed E-state index contributed by atoms with van der Waals surface area (Å²) in [5.41, 5.74) is -0.189. The summed E-state index contributed by atoms with van der Waals surface area (Å²) in [5.74, 6) is -3.25. The van der Waals surface area contributed by atoms with Crippen molar-refractivity contribution in [2.24, 2.45) is 0 Å². The highest BCUT2D eigenvalue weighted by Gasteiger charge is 2.24. The average molecular weight is 465 g/mol. The van der Waals surface area contributed by atoms with E-state index in [0.717, 1.165) is 12.1 Å². The fourth-order valence-corrected chi connectivity index (χ4v) is 3.27. The van der Waals surface area contributed by atoms with Crippen LogP contribution in [0, 0.1) is 11.6 Å². The maximum Gasteiger partial charge on any atom is 0.524 e. The highest BCUT2D eigenvalue weighted by molar-refractivity contribution is 7.47. The van der Waals surface area contributed by atoms with Crippen LogP contribution in [0.15, 0.2) is 24.3 Å². The van der Waals surface area contributed by atoms with Gasteiger partial charge in [0.2, 0.25) is 0 Å². The Hall–Kier alpha value is -1.22. The summed E-state index contributed by atoms with van der Waals surface area (Å²) in [6.07, 6.45) is -0.398. The molecule has 0 aromatic heterocycles. The van der Waals surface area contributed by atoms with Crippen molar-refractivity contribution < 1.29 is 46.5 Å². The summed E-state index contributed by atoms with van der Waals surface area (Å²) in [6.45, 7) is 0. The molecule has 2 rings (SSSR count). The van der Waals surface area contributed by atoms with Crippen molar-refractivity contribution in [2.45, 2.75) is 6.42 Å². The second kappa shape index (κ2) is 8.03. The van der Waals surface area contributed by atoms with Gasteiger partial charge in [-0.3, -0.25) is 19.6 Å². The largest absolute Gasteiger partial charge is 0.524 e. The standard InChI is InChI=1S/C13H10Cl2F2O8P2/c14-8-2-6(12(4-10(8)16)24-26(18,19)20)1-7-3-9(15)11(17)5-13(7)25-27(21,22)23/h2-5H,1H2,(H2,18,19,20)(H2,21,22,23). The summed E-state index contributed by atoms with van der Waals surface area (Å²) in [6, 6.07) is 3.18. The molecule has 0 heterocycles. The number of hydrogen-bond acceptors (Lipinski definition) is 4. The molecule has 0 saturated heterocycles. The Balaban J connectivity index is 2.56. The van der Waals surface area contributed by atoms with E-state index in [1.165, 1.54) is 0 Å². The third-order valence-corrected chi connectivity index (χ3v) is 4.47. The predicted octanol–water partition coefficient (Wildman–Crippen LogP) is 3.81. The maximum atomic E-state index is 13.6. The zero-order chi connectivity index (χ0) is 20.6. The fourth-order valence-electron chi connectivity index (χ4n) is 2.05. The Morgan fingerprint density at radius 3 is 1.41 bits per heavy atom. The summed E-state index contributed by atoms with van der Waals surface area (Å²) in [5, 5.41) is -0.845. The van der Waals surface area contributed by atoms with E-state index in [1.54, 1.807) is 0 Å². The van der Waals surface area contributed by atoms with Gasteiger partial charge in [-0.2, -0.15) is 0 Å². The summed E-state index contributed by atoms with van der Waals surface area (Å²) in [4.78, 5) is 35.8. The minimum Gasteiger partial charge on any atom is -0.404 e. The van der Waals surface area contributed by atoms with Crippen molar-refractivity contribution in [3.8, 4) is 11.5 Å². The van der Waals surface area contributed by atoms with Crippen LogP contribution in [0.4, 0.5) is 8.78 Å². The second-order valence-electron chi connectivity index (χ2n) is 5.09. The molecule has 0 amide bonds. The number of benzene rings is 2. The van der Waals surface area contributed by atoms with E-state index in [9.17, 15) is 17.9 Å². The number of phosphoric ester groups is 2. The molecule has 27 heavy (non-hydrogen) atoms. The minimum atomic E-state index is -5.07. The van der Waals surface area contributed by atoms with Crippen LogP contribution in [0.2, 0.25) is 10.0 Å². The molecule has 0 atom stereocenters. The second-order valence-corrected chi connectivity index (χ2v) is 8.23. The first-order valence-corrected chi connectivity index (χ1v) is 10.5. The summed E-state index contributed by atoms with van der Waals surface area (Å²) < 4.78 is 58.2. The molecule has 0 aliphatic carbocycles. The van der Waals surface area contributed by atoms with Gasteiger partial charge in [-0.25, -0.2) is 17.9 Å². The number of rotatable bonds is 6. The molecule has 0 aliphatic rings. The molecule has 0 aliphatic heterocycles. The molecule has 0 saturated carbocycles. The van der Waals surface area contributed by atoms with Crippen LogP contribution in [0.5, 0.6) is 11.5 Å². The highest BCUT2D eigenvalue weighted by Crippen LogP contribution is 2.44. The van der Waals surface area contributed by atoms with Gasteiger partial charge < -0.3 is 9.05 Å². The fraction of sp³-hybridized carbons (Fsp3) is 0.0769. The molecule has 14 heteroatoms. The monoisotopic (exact) mass is 464 g/mol. The molecular formula is C13H10Cl2F2O8P2. The van der Waals surface area contributed by atoms with E-state index < -0.39 is 55.2 Å². The Kier molecular flexibility index (Phi) is 6.56. The lowest BCUT2D eigenvalue weighted by Crippen LogP contribution is -2.01. The minimum absolute atomic E-state index is 0.0945. The van der Waals surface area contributed by atoms with Crippen molar-refractivity contribution >= 4 is 38.8 Å². The lowest BCUT2D eigenvalue weighted by molar-refractivity contribution is 0.280. The lowest BCUT2D eigenvalue weighted by Gasteiger charge is -2.16. The smallest absolute Gasteiger partial charge is 0.404 e. The summed E-state index contributed by atoms with van der Waals surface area (Å²) in [7, 11) is -10.1. The molecule has 0 bridgehead atoms. The Morgan fingerprint density at radius 2 is 1.11 bits per heavy atom. The van der Waals surface area contributed by atoms with Gasteiger partial charge in [0.05, 0.1) is 10.0 Å². The van der Waals surface area contributed by atoms with Crippen LogP contribution in [0.25, 0.3) is 0 Å². The van der Waals surface area contributed by atoms with E-state index >= 15 is 0 Å². The van der Waals surface area contributed by atoms with Gasteiger partial charge in [-0.15, -0.1) is 0 Å². The van der Waals surface area contributed by atoms with Gasteiger partial charge in [0.15, 0.2) is 0 Å². The van der Waals surface area contributed by atoms with Gasteiger partial charge >= 0.3 is 15.6 Å². The van der Waals surface area contributed by atoms with Crippen LogP contribution < -0.4 is 9.05 Å². The van der Waals surface area contributed by atoms with Crippen LogP contribution in [-0.2, 0) is 15.6 Å². The molecule has 0 radical (unpaired) electrons. The molecule has 4 N–H and O–H groups in total. The molecule has 2 aromatic carbocycles. The van der Waals surface area contributed by atoms with E-state index in [1.807, 2.05) is 0 Å². The van der Waals surface area contributed by atoms with Gasteiger partial charge in [-0.05, 0) is 12.1 Å². The molecule has 0 fully saturated rings. The third kappa shape index (κ3) is 6.41. The first-order chi connectivity index (χ1) is 12.2. The van der Waals surface area contributed by atoms with Gasteiger partial charge in [0.1, 0.15) is 23.1 Å². The predicted molar refractivity (Wildman–Crippen MR) is 91.0 cm³/mol. The van der Waals surface area contributed by atoms with Crippen LogP contribution in [0.1, 0.15) is 11.1 Å². The first kappa shape index (κ1) is 22.1. The van der Waals surface area contributed by atoms with Crippen LogP contribution >= 0.6 is 38.8 Å². The lowest BCUT2D eigenvalue weighted by atomic mass is 10.0. The topological polar surface area (TPSA) is 134 Å². The first-order valence-electron chi connectivity index (χ1n) is 6.71. The SMILES string of the molecule is O=P(O)(O)Oc1cc(F)c(Cl)cc1Cc1cc(Cl)c(F)cc1OP(=O)(O)O. The van der Waals surface area contributed by atoms with Gasteiger partial charge in [0, 0.05) is 29.7 Å². The molecule has 0 unspecified atom stereocenters. The van der Waals surface area contributed by atoms with Crippen molar-refractivity contribution in [3.05, 3.63) is 57.1 Å². The zero-order valence-electron chi connectivity index (χ0n) is 12.8. The maximum absolute atomic E-state index is 13.6. The Morgan fingerprint density at radius 1 is 0.778 bits per heavy atom. The van der Waals surface area contributed by atoms with E-state index in [-0.39, 0.29) is 11.1 Å². The molecule has 2 aromatic rings. The van der Waals surface area contributed by atoms with Crippen molar-refractivity contribution in [1.82, 2.24) is 0 Å². The third-order valence-electron chi connectivity index (χ3n) is 3.02. The zero-order valence-corrected chi connectivity index (χ0v) is 16.1. The molecule has 0 spiro atoms. The Bertz CT molecular complexity index is 898. The van der Waals surface area contributed by atoms with Crippen LogP contribution in [0.3, 0.4) is 0 Å². The summed E-state index contributed by atoms with van der Waals surface area (Å²) >= 11 is 11.3.